The van der Waals surface area contributed by atoms with Gasteiger partial charge in [0.25, 0.3) is 0 Å². The Hall–Kier alpha value is -2.63. The van der Waals surface area contributed by atoms with Gasteiger partial charge in [-0.05, 0) is 35.9 Å². The van der Waals surface area contributed by atoms with Gasteiger partial charge in [0, 0.05) is 12.2 Å². The maximum atomic E-state index is 13.2. The maximum absolute atomic E-state index is 13.2. The lowest BCUT2D eigenvalue weighted by Gasteiger charge is -2.09. The molecule has 2 aromatic carbocycles. The van der Waals surface area contributed by atoms with Gasteiger partial charge in [-0.15, -0.1) is 0 Å². The van der Waals surface area contributed by atoms with Crippen molar-refractivity contribution >= 4 is 11.7 Å². The SMILES string of the molecule is COC(=O)c1cccc(NCc2cc(F)c(O)c(F)c2)c1. The highest BCUT2D eigenvalue weighted by atomic mass is 19.1. The number of benzene rings is 2. The van der Waals surface area contributed by atoms with Crippen LogP contribution in [0.5, 0.6) is 5.75 Å². The fourth-order valence-electron chi connectivity index (χ4n) is 1.80. The molecule has 0 radical (unpaired) electrons. The molecule has 0 atom stereocenters. The van der Waals surface area contributed by atoms with E-state index in [0.717, 1.165) is 12.1 Å². The van der Waals surface area contributed by atoms with Crippen LogP contribution in [0.3, 0.4) is 0 Å². The van der Waals surface area contributed by atoms with Crippen molar-refractivity contribution in [3.05, 3.63) is 59.2 Å². The first kappa shape index (κ1) is 14.8. The molecule has 0 aliphatic carbocycles. The van der Waals surface area contributed by atoms with Crippen molar-refractivity contribution in [1.29, 1.82) is 0 Å². The van der Waals surface area contributed by atoms with Crippen LogP contribution >= 0.6 is 0 Å². The summed E-state index contributed by atoms with van der Waals surface area (Å²) >= 11 is 0. The molecule has 0 heterocycles. The number of phenols is 1. The lowest BCUT2D eigenvalue weighted by atomic mass is 10.1. The van der Waals surface area contributed by atoms with Crippen molar-refractivity contribution in [2.75, 3.05) is 12.4 Å². The molecule has 0 aromatic heterocycles. The van der Waals surface area contributed by atoms with Gasteiger partial charge in [-0.25, -0.2) is 13.6 Å². The van der Waals surface area contributed by atoms with E-state index in [-0.39, 0.29) is 6.54 Å². The van der Waals surface area contributed by atoms with Crippen LogP contribution < -0.4 is 5.32 Å². The monoisotopic (exact) mass is 293 g/mol. The van der Waals surface area contributed by atoms with Gasteiger partial charge in [0.15, 0.2) is 17.4 Å². The molecule has 4 nitrogen and oxygen atoms in total. The average molecular weight is 293 g/mol. The fraction of sp³-hybridized carbons (Fsp3) is 0.133. The zero-order valence-corrected chi connectivity index (χ0v) is 11.2. The minimum atomic E-state index is -1.02. The van der Waals surface area contributed by atoms with Crippen molar-refractivity contribution < 1.29 is 23.4 Å². The highest BCUT2D eigenvalue weighted by Crippen LogP contribution is 2.22. The van der Waals surface area contributed by atoms with E-state index in [1.54, 1.807) is 24.3 Å². The number of nitrogens with one attached hydrogen (secondary N) is 1. The zero-order chi connectivity index (χ0) is 15.4. The van der Waals surface area contributed by atoms with Crippen LogP contribution in [0.15, 0.2) is 36.4 Å². The van der Waals surface area contributed by atoms with Crippen molar-refractivity contribution in [3.63, 3.8) is 0 Å². The van der Waals surface area contributed by atoms with E-state index in [0.29, 0.717) is 16.8 Å². The predicted molar refractivity (Wildman–Crippen MR) is 73.1 cm³/mol. The first-order valence-corrected chi connectivity index (χ1v) is 6.10. The van der Waals surface area contributed by atoms with Gasteiger partial charge in [0.1, 0.15) is 0 Å². The maximum Gasteiger partial charge on any atom is 0.337 e. The summed E-state index contributed by atoms with van der Waals surface area (Å²) < 4.78 is 31.0. The van der Waals surface area contributed by atoms with E-state index in [1.165, 1.54) is 7.11 Å². The van der Waals surface area contributed by atoms with Crippen molar-refractivity contribution in [2.24, 2.45) is 0 Å². The lowest BCUT2D eigenvalue weighted by molar-refractivity contribution is 0.0601. The minimum absolute atomic E-state index is 0.138. The van der Waals surface area contributed by atoms with Crippen LogP contribution in [0.25, 0.3) is 0 Å². The number of phenolic OH excluding ortho intramolecular Hbond substituents is 1. The topological polar surface area (TPSA) is 58.6 Å². The Morgan fingerprint density at radius 2 is 1.90 bits per heavy atom. The molecule has 0 saturated carbocycles. The number of aromatic hydroxyl groups is 1. The largest absolute Gasteiger partial charge is 0.503 e. The zero-order valence-electron chi connectivity index (χ0n) is 11.2. The molecule has 0 bridgehead atoms. The molecule has 2 N–H and O–H groups in total. The Labute approximate surface area is 120 Å². The number of carbonyl (C=O) groups excluding carboxylic acids is 1. The summed E-state index contributed by atoms with van der Waals surface area (Å²) in [6.07, 6.45) is 0. The summed E-state index contributed by atoms with van der Waals surface area (Å²) in [7, 11) is 1.28. The number of hydrogen-bond acceptors (Lipinski definition) is 4. The molecule has 0 fully saturated rings. The van der Waals surface area contributed by atoms with Crippen LogP contribution in [-0.4, -0.2) is 18.2 Å². The second kappa shape index (κ2) is 6.21. The van der Waals surface area contributed by atoms with Crippen molar-refractivity contribution in [3.8, 4) is 5.75 Å². The third kappa shape index (κ3) is 3.47. The summed E-state index contributed by atoms with van der Waals surface area (Å²) in [6.45, 7) is 0.138. The van der Waals surface area contributed by atoms with Crippen molar-refractivity contribution in [2.45, 2.75) is 6.54 Å². The Morgan fingerprint density at radius 1 is 1.24 bits per heavy atom. The van der Waals surface area contributed by atoms with Crippen LogP contribution in [0, 0.1) is 11.6 Å². The van der Waals surface area contributed by atoms with Gasteiger partial charge in [-0.1, -0.05) is 6.07 Å². The molecule has 21 heavy (non-hydrogen) atoms. The van der Waals surface area contributed by atoms with Gasteiger partial charge >= 0.3 is 5.97 Å². The van der Waals surface area contributed by atoms with Crippen LogP contribution in [0.2, 0.25) is 0 Å². The molecular weight excluding hydrogens is 280 g/mol. The number of rotatable bonds is 4. The molecule has 0 aliphatic heterocycles. The number of carbonyl (C=O) groups is 1. The van der Waals surface area contributed by atoms with Gasteiger partial charge in [0.2, 0.25) is 0 Å². The third-order valence-electron chi connectivity index (χ3n) is 2.86. The molecule has 0 unspecified atom stereocenters. The molecule has 6 heteroatoms. The van der Waals surface area contributed by atoms with E-state index in [2.05, 4.69) is 10.1 Å². The van der Waals surface area contributed by atoms with Crippen LogP contribution in [0.1, 0.15) is 15.9 Å². The van der Waals surface area contributed by atoms with Crippen LogP contribution in [0.4, 0.5) is 14.5 Å². The fourth-order valence-corrected chi connectivity index (χ4v) is 1.80. The molecule has 0 amide bonds. The summed E-state index contributed by atoms with van der Waals surface area (Å²) in [5, 5.41) is 12.0. The Kier molecular flexibility index (Phi) is 4.37. The minimum Gasteiger partial charge on any atom is -0.503 e. The van der Waals surface area contributed by atoms with E-state index in [4.69, 9.17) is 5.11 Å². The lowest BCUT2D eigenvalue weighted by Crippen LogP contribution is -2.04. The number of methoxy groups -OCH3 is 1. The van der Waals surface area contributed by atoms with Gasteiger partial charge in [-0.3, -0.25) is 0 Å². The first-order valence-electron chi connectivity index (χ1n) is 6.10. The smallest absolute Gasteiger partial charge is 0.337 e. The van der Waals surface area contributed by atoms with E-state index in [9.17, 15) is 13.6 Å². The van der Waals surface area contributed by atoms with E-state index >= 15 is 0 Å². The average Bonchev–Trinajstić information content (AvgIpc) is 2.50. The Balaban J connectivity index is 2.11. The molecule has 110 valence electrons. The molecule has 2 rings (SSSR count). The van der Waals surface area contributed by atoms with Crippen LogP contribution in [-0.2, 0) is 11.3 Å². The normalized spacial score (nSPS) is 10.2. The van der Waals surface area contributed by atoms with Gasteiger partial charge in [0.05, 0.1) is 12.7 Å². The summed E-state index contributed by atoms with van der Waals surface area (Å²) in [6, 6.07) is 8.60. The predicted octanol–water partition coefficient (Wildman–Crippen LogP) is 3.07. The molecular formula is C15H13F2NO3. The third-order valence-corrected chi connectivity index (χ3v) is 2.86. The second-order valence-electron chi connectivity index (χ2n) is 4.33. The van der Waals surface area contributed by atoms with Gasteiger partial charge < -0.3 is 15.2 Å². The number of ether oxygens (including phenoxy) is 1. The van der Waals surface area contributed by atoms with E-state index < -0.39 is 23.4 Å². The molecule has 0 spiro atoms. The Morgan fingerprint density at radius 3 is 2.52 bits per heavy atom. The molecule has 0 saturated heterocycles. The summed E-state index contributed by atoms with van der Waals surface area (Å²) in [4.78, 5) is 11.4. The number of esters is 1. The highest BCUT2D eigenvalue weighted by Gasteiger charge is 2.10. The molecule has 2 aromatic rings. The summed E-state index contributed by atoms with van der Waals surface area (Å²) in [5.41, 5.74) is 1.30. The number of halogens is 2. The van der Waals surface area contributed by atoms with E-state index in [1.807, 2.05) is 0 Å². The standard InChI is InChI=1S/C15H13F2NO3/c1-21-15(20)10-3-2-4-11(7-10)18-8-9-5-12(16)14(19)13(17)6-9/h2-7,18-19H,8H2,1H3. The van der Waals surface area contributed by atoms with Gasteiger partial charge in [-0.2, -0.15) is 0 Å². The quantitative estimate of drug-likeness (QED) is 0.851. The number of anilines is 1. The number of hydrogen-bond donors (Lipinski definition) is 2. The van der Waals surface area contributed by atoms with Crippen molar-refractivity contribution in [1.82, 2.24) is 0 Å². The highest BCUT2D eigenvalue weighted by molar-refractivity contribution is 5.90. The second-order valence-corrected chi connectivity index (χ2v) is 4.33. The summed E-state index contributed by atoms with van der Waals surface area (Å²) in [5.74, 6) is -3.50. The molecule has 0 aliphatic rings. The Bertz CT molecular complexity index is 651. The first-order chi connectivity index (χ1) is 10.0.